The van der Waals surface area contributed by atoms with Crippen molar-refractivity contribution in [3.05, 3.63) is 33.6 Å². The minimum atomic E-state index is -0.517. The predicted molar refractivity (Wildman–Crippen MR) is 56.2 cm³/mol. The fourth-order valence-electron chi connectivity index (χ4n) is 1.26. The normalized spacial score (nSPS) is 21.3. The lowest BCUT2D eigenvalue weighted by Crippen LogP contribution is -2.07. The molecule has 1 heterocycles. The quantitative estimate of drug-likeness (QED) is 0.656. The highest BCUT2D eigenvalue weighted by molar-refractivity contribution is 8.00. The van der Waals surface area contributed by atoms with Crippen LogP contribution in [0.3, 0.4) is 0 Å². The zero-order valence-electron chi connectivity index (χ0n) is 6.69. The molecule has 0 spiro atoms. The second kappa shape index (κ2) is 3.68. The van der Waals surface area contributed by atoms with Gasteiger partial charge in [0.2, 0.25) is 0 Å². The van der Waals surface area contributed by atoms with E-state index in [9.17, 15) is 4.39 Å². The maximum Gasteiger partial charge on any atom is 0.160 e. The van der Waals surface area contributed by atoms with E-state index < -0.39 is 5.82 Å². The molecule has 2 rings (SSSR count). The third-order valence-corrected chi connectivity index (χ3v) is 4.01. The van der Waals surface area contributed by atoms with Gasteiger partial charge in [-0.15, -0.1) is 0 Å². The molecule has 1 aliphatic heterocycles. The van der Waals surface area contributed by atoms with Crippen LogP contribution in [0.4, 0.5) is 4.39 Å². The summed E-state index contributed by atoms with van der Waals surface area (Å²) in [6.07, 6.45) is 1.13. The zero-order valence-corrected chi connectivity index (χ0v) is 9.02. The highest BCUT2D eigenvalue weighted by atomic mass is 35.5. The van der Waals surface area contributed by atoms with Gasteiger partial charge in [-0.05, 0) is 29.9 Å². The predicted octanol–water partition coefficient (Wildman–Crippen LogP) is 4.31. The summed E-state index contributed by atoms with van der Waals surface area (Å²) in [5.74, 6) is 0.647. The third kappa shape index (κ3) is 1.80. The molecule has 13 heavy (non-hydrogen) atoms. The molecule has 1 aromatic rings. The number of rotatable bonds is 1. The number of hydrogen-bond donors (Lipinski definition) is 0. The van der Waals surface area contributed by atoms with E-state index in [1.54, 1.807) is 12.1 Å². The van der Waals surface area contributed by atoms with E-state index in [-0.39, 0.29) is 10.0 Å². The lowest BCUT2D eigenvalue weighted by atomic mass is 10.1. The van der Waals surface area contributed by atoms with Crippen LogP contribution in [0.2, 0.25) is 10.0 Å². The summed E-state index contributed by atoms with van der Waals surface area (Å²) in [6.45, 7) is 0. The molecular formula is C9H7Cl2FS. The van der Waals surface area contributed by atoms with Crippen LogP contribution in [-0.4, -0.2) is 5.75 Å². The Labute approximate surface area is 90.4 Å². The molecule has 0 N–H and O–H groups in total. The van der Waals surface area contributed by atoms with Gasteiger partial charge in [0, 0.05) is 5.25 Å². The van der Waals surface area contributed by atoms with Gasteiger partial charge in [-0.3, -0.25) is 0 Å². The number of thioether (sulfide) groups is 1. The first kappa shape index (κ1) is 9.63. The zero-order chi connectivity index (χ0) is 9.42. The molecule has 1 atom stereocenters. The summed E-state index contributed by atoms with van der Waals surface area (Å²) in [5.41, 5.74) is 1.03. The van der Waals surface area contributed by atoms with E-state index in [0.717, 1.165) is 17.7 Å². The molecule has 0 amide bonds. The van der Waals surface area contributed by atoms with Crippen LogP contribution in [-0.2, 0) is 0 Å². The van der Waals surface area contributed by atoms with E-state index >= 15 is 0 Å². The van der Waals surface area contributed by atoms with E-state index in [2.05, 4.69) is 0 Å². The molecule has 1 aliphatic rings. The lowest BCUT2D eigenvalue weighted by Gasteiger charge is -2.25. The van der Waals surface area contributed by atoms with Gasteiger partial charge in [0.1, 0.15) is 0 Å². The fraction of sp³-hybridized carbons (Fsp3) is 0.333. The molecule has 70 valence electrons. The summed E-state index contributed by atoms with van der Waals surface area (Å²) in [4.78, 5) is 0. The third-order valence-electron chi connectivity index (χ3n) is 2.08. The molecule has 0 saturated carbocycles. The minimum absolute atomic E-state index is 0.120. The average molecular weight is 237 g/mol. The van der Waals surface area contributed by atoms with Gasteiger partial charge in [-0.25, -0.2) is 4.39 Å². The summed E-state index contributed by atoms with van der Waals surface area (Å²) >= 11 is 13.2. The Hall–Kier alpha value is 0.0800. The van der Waals surface area contributed by atoms with Crippen molar-refractivity contribution in [1.29, 1.82) is 0 Å². The molecule has 4 heteroatoms. The number of benzene rings is 1. The average Bonchev–Trinajstić information content (AvgIpc) is 1.96. The molecule has 0 bridgehead atoms. The largest absolute Gasteiger partial charge is 0.204 e. The Balaban J connectivity index is 2.37. The van der Waals surface area contributed by atoms with Crippen molar-refractivity contribution in [2.75, 3.05) is 5.75 Å². The number of hydrogen-bond acceptors (Lipinski definition) is 1. The standard InChI is InChI=1S/C9H7Cl2FS/c10-6-3-5(8-1-2-13-8)4-7(11)9(6)12/h3-4,8H,1-2H2. The molecule has 1 aromatic carbocycles. The molecule has 0 aliphatic carbocycles. The molecule has 1 saturated heterocycles. The van der Waals surface area contributed by atoms with E-state index in [4.69, 9.17) is 23.2 Å². The molecule has 0 nitrogen and oxygen atoms in total. The fourth-order valence-corrected chi connectivity index (χ4v) is 2.56. The van der Waals surface area contributed by atoms with Crippen molar-refractivity contribution in [3.63, 3.8) is 0 Å². The Bertz CT molecular complexity index is 313. The van der Waals surface area contributed by atoms with Crippen molar-refractivity contribution in [2.45, 2.75) is 11.7 Å². The smallest absolute Gasteiger partial charge is 0.160 e. The van der Waals surface area contributed by atoms with Crippen molar-refractivity contribution in [2.24, 2.45) is 0 Å². The summed E-state index contributed by atoms with van der Waals surface area (Å²) in [7, 11) is 0. The van der Waals surface area contributed by atoms with Crippen molar-refractivity contribution in [3.8, 4) is 0 Å². The highest BCUT2D eigenvalue weighted by Gasteiger charge is 2.22. The molecule has 1 fully saturated rings. The maximum absolute atomic E-state index is 13.0. The van der Waals surface area contributed by atoms with Crippen LogP contribution in [0.5, 0.6) is 0 Å². The first-order valence-electron chi connectivity index (χ1n) is 3.94. The van der Waals surface area contributed by atoms with Gasteiger partial charge in [0.25, 0.3) is 0 Å². The number of halogens is 3. The summed E-state index contributed by atoms with van der Waals surface area (Å²) in [5, 5.41) is 0.695. The lowest BCUT2D eigenvalue weighted by molar-refractivity contribution is 0.627. The van der Waals surface area contributed by atoms with Crippen LogP contribution < -0.4 is 0 Å². The van der Waals surface area contributed by atoms with Crippen molar-refractivity contribution < 1.29 is 4.39 Å². The van der Waals surface area contributed by atoms with Crippen LogP contribution in [0.1, 0.15) is 17.2 Å². The van der Waals surface area contributed by atoms with E-state index in [0.29, 0.717) is 5.25 Å². The van der Waals surface area contributed by atoms with Crippen molar-refractivity contribution >= 4 is 35.0 Å². The van der Waals surface area contributed by atoms with Crippen LogP contribution in [0, 0.1) is 5.82 Å². The molecule has 0 aromatic heterocycles. The van der Waals surface area contributed by atoms with Gasteiger partial charge < -0.3 is 0 Å². The van der Waals surface area contributed by atoms with E-state index in [1.807, 2.05) is 11.8 Å². The van der Waals surface area contributed by atoms with Crippen LogP contribution in [0.15, 0.2) is 12.1 Å². The van der Waals surface area contributed by atoms with E-state index in [1.165, 1.54) is 0 Å². The Morgan fingerprint density at radius 3 is 2.23 bits per heavy atom. The molecule has 0 radical (unpaired) electrons. The summed E-state index contributed by atoms with van der Waals surface area (Å²) in [6, 6.07) is 3.33. The summed E-state index contributed by atoms with van der Waals surface area (Å²) < 4.78 is 13.0. The second-order valence-corrected chi connectivity index (χ2v) is 5.07. The van der Waals surface area contributed by atoms with Gasteiger partial charge in [-0.2, -0.15) is 11.8 Å². The maximum atomic E-state index is 13.0. The topological polar surface area (TPSA) is 0 Å². The molecule has 1 unspecified atom stereocenters. The first-order chi connectivity index (χ1) is 6.18. The van der Waals surface area contributed by atoms with Crippen LogP contribution in [0.25, 0.3) is 0 Å². The van der Waals surface area contributed by atoms with Crippen molar-refractivity contribution in [1.82, 2.24) is 0 Å². The minimum Gasteiger partial charge on any atom is -0.204 e. The Morgan fingerprint density at radius 2 is 1.85 bits per heavy atom. The molecular weight excluding hydrogens is 230 g/mol. The Morgan fingerprint density at radius 1 is 1.31 bits per heavy atom. The van der Waals surface area contributed by atoms with Crippen LogP contribution >= 0.6 is 35.0 Å². The highest BCUT2D eigenvalue weighted by Crippen LogP contribution is 2.44. The monoisotopic (exact) mass is 236 g/mol. The second-order valence-electron chi connectivity index (χ2n) is 2.95. The van der Waals surface area contributed by atoms with Gasteiger partial charge >= 0.3 is 0 Å². The Kier molecular flexibility index (Phi) is 2.72. The van der Waals surface area contributed by atoms with Gasteiger partial charge in [-0.1, -0.05) is 23.2 Å². The SMILES string of the molecule is Fc1c(Cl)cc(C2CCS2)cc1Cl. The van der Waals surface area contributed by atoms with Gasteiger partial charge in [0.05, 0.1) is 10.0 Å². The van der Waals surface area contributed by atoms with Gasteiger partial charge in [0.15, 0.2) is 5.82 Å². The first-order valence-corrected chi connectivity index (χ1v) is 5.75.